The summed E-state index contributed by atoms with van der Waals surface area (Å²) in [7, 11) is 0. The lowest BCUT2D eigenvalue weighted by Gasteiger charge is -2.13. The number of hydrogen-bond donors (Lipinski definition) is 1. The molecule has 1 fully saturated rings. The van der Waals surface area contributed by atoms with Gasteiger partial charge < -0.3 is 4.98 Å². The van der Waals surface area contributed by atoms with Gasteiger partial charge in [-0.25, -0.2) is 4.98 Å². The quantitative estimate of drug-likeness (QED) is 0.742. The molecule has 2 heterocycles. The summed E-state index contributed by atoms with van der Waals surface area (Å²) in [5.74, 6) is 0.973. The zero-order chi connectivity index (χ0) is 10.8. The predicted molar refractivity (Wildman–Crippen MR) is 56.0 cm³/mol. The normalized spacial score (nSPS) is 21.0. The van der Waals surface area contributed by atoms with Gasteiger partial charge in [0.2, 0.25) is 5.91 Å². The van der Waals surface area contributed by atoms with Gasteiger partial charge in [0.15, 0.2) is 0 Å². The molecule has 80 valence electrons. The topological polar surface area (TPSA) is 66.1 Å². The Morgan fingerprint density at radius 2 is 2.40 bits per heavy atom. The lowest BCUT2D eigenvalue weighted by atomic mass is 10.1. The van der Waals surface area contributed by atoms with Crippen molar-refractivity contribution in [1.82, 2.24) is 9.97 Å². The van der Waals surface area contributed by atoms with Gasteiger partial charge in [-0.2, -0.15) is 0 Å². The van der Waals surface area contributed by atoms with Crippen molar-refractivity contribution >= 4 is 23.3 Å². The zero-order valence-electron chi connectivity index (χ0n) is 7.94. The molecular weight excluding hydrogens is 218 g/mol. The number of carbonyl (C=O) groups excluding carboxylic acids is 1. The van der Waals surface area contributed by atoms with Crippen LogP contribution in [0.25, 0.3) is 0 Å². The van der Waals surface area contributed by atoms with Crippen LogP contribution in [-0.2, 0) is 4.79 Å². The third-order valence-corrected chi connectivity index (χ3v) is 2.80. The van der Waals surface area contributed by atoms with E-state index in [0.717, 1.165) is 0 Å². The number of anilines is 1. The Hall–Kier alpha value is -1.36. The number of rotatable bonds is 2. The molecule has 1 amide bonds. The number of nitrogens with one attached hydrogen (secondary N) is 1. The lowest BCUT2D eigenvalue weighted by Crippen LogP contribution is -2.27. The lowest BCUT2D eigenvalue weighted by molar-refractivity contribution is -0.117. The van der Waals surface area contributed by atoms with Crippen LogP contribution in [0.1, 0.15) is 6.42 Å². The number of aromatic nitrogens is 2. The second kappa shape index (κ2) is 4.02. The van der Waals surface area contributed by atoms with Crippen molar-refractivity contribution in [3.8, 4) is 0 Å². The van der Waals surface area contributed by atoms with E-state index in [4.69, 9.17) is 11.6 Å². The summed E-state index contributed by atoms with van der Waals surface area (Å²) < 4.78 is 0. The van der Waals surface area contributed by atoms with Crippen LogP contribution in [-0.4, -0.2) is 28.3 Å². The van der Waals surface area contributed by atoms with Gasteiger partial charge in [0.1, 0.15) is 5.82 Å². The molecule has 6 heteroatoms. The van der Waals surface area contributed by atoms with Crippen molar-refractivity contribution in [3.63, 3.8) is 0 Å². The molecule has 0 saturated carbocycles. The highest BCUT2D eigenvalue weighted by Crippen LogP contribution is 2.22. The summed E-state index contributed by atoms with van der Waals surface area (Å²) in [6, 6.07) is 1.31. The fourth-order valence-electron chi connectivity index (χ4n) is 1.61. The fourth-order valence-corrected chi connectivity index (χ4v) is 1.82. The van der Waals surface area contributed by atoms with Crippen LogP contribution in [0.3, 0.4) is 0 Å². The predicted octanol–water partition coefficient (Wildman–Crippen LogP) is 0.362. The van der Waals surface area contributed by atoms with Gasteiger partial charge in [-0.3, -0.25) is 14.5 Å². The molecule has 1 N–H and O–H groups in total. The summed E-state index contributed by atoms with van der Waals surface area (Å²) in [4.78, 5) is 30.5. The van der Waals surface area contributed by atoms with Crippen LogP contribution in [0.5, 0.6) is 0 Å². The maximum absolute atomic E-state index is 11.6. The molecule has 0 aliphatic carbocycles. The van der Waals surface area contributed by atoms with Crippen LogP contribution in [0, 0.1) is 5.92 Å². The Bertz CT molecular complexity index is 431. The van der Waals surface area contributed by atoms with Gasteiger partial charge in [0, 0.05) is 24.9 Å². The smallest absolute Gasteiger partial charge is 0.252 e. The van der Waals surface area contributed by atoms with E-state index in [1.807, 2.05) is 0 Å². The monoisotopic (exact) mass is 227 g/mol. The number of hydrogen-bond acceptors (Lipinski definition) is 3. The number of amides is 1. The highest BCUT2D eigenvalue weighted by atomic mass is 35.5. The summed E-state index contributed by atoms with van der Waals surface area (Å²) in [5.41, 5.74) is -0.262. The largest absolute Gasteiger partial charge is 0.313 e. The fraction of sp³-hybridized carbons (Fsp3) is 0.444. The van der Waals surface area contributed by atoms with Crippen LogP contribution in [0.4, 0.5) is 5.82 Å². The van der Waals surface area contributed by atoms with Crippen molar-refractivity contribution in [2.24, 2.45) is 5.92 Å². The molecule has 1 unspecified atom stereocenters. The first-order valence-corrected chi connectivity index (χ1v) is 5.15. The molecule has 0 aromatic carbocycles. The summed E-state index contributed by atoms with van der Waals surface area (Å²) in [6.07, 6.45) is 1.72. The second-order valence-corrected chi connectivity index (χ2v) is 3.81. The van der Waals surface area contributed by atoms with Gasteiger partial charge >= 0.3 is 0 Å². The Balaban J connectivity index is 2.25. The molecule has 2 rings (SSSR count). The van der Waals surface area contributed by atoms with Crippen molar-refractivity contribution in [2.75, 3.05) is 17.3 Å². The molecule has 1 saturated heterocycles. The number of carbonyl (C=O) groups is 1. The molecule has 5 nitrogen and oxygen atoms in total. The van der Waals surface area contributed by atoms with Gasteiger partial charge in [0.05, 0.1) is 6.33 Å². The van der Waals surface area contributed by atoms with E-state index in [2.05, 4.69) is 9.97 Å². The summed E-state index contributed by atoms with van der Waals surface area (Å²) in [6.45, 7) is 0.540. The Labute approximate surface area is 91.1 Å². The van der Waals surface area contributed by atoms with Crippen LogP contribution >= 0.6 is 11.6 Å². The number of H-pyrrole nitrogens is 1. The van der Waals surface area contributed by atoms with E-state index in [0.29, 0.717) is 24.7 Å². The van der Waals surface area contributed by atoms with Crippen molar-refractivity contribution < 1.29 is 4.79 Å². The summed E-state index contributed by atoms with van der Waals surface area (Å²) in [5, 5.41) is 0. The molecule has 1 aromatic heterocycles. The second-order valence-electron chi connectivity index (χ2n) is 3.50. The number of alkyl halides is 1. The van der Waals surface area contributed by atoms with Crippen molar-refractivity contribution in [3.05, 3.63) is 22.7 Å². The molecule has 1 aromatic rings. The maximum Gasteiger partial charge on any atom is 0.252 e. The Morgan fingerprint density at radius 1 is 1.60 bits per heavy atom. The minimum atomic E-state index is -0.262. The first-order valence-electron chi connectivity index (χ1n) is 4.62. The van der Waals surface area contributed by atoms with Crippen LogP contribution in [0.2, 0.25) is 0 Å². The molecule has 1 atom stereocenters. The highest BCUT2D eigenvalue weighted by molar-refractivity contribution is 6.18. The molecule has 0 radical (unpaired) electrons. The van der Waals surface area contributed by atoms with E-state index in [1.54, 1.807) is 0 Å². The van der Waals surface area contributed by atoms with E-state index in [9.17, 15) is 9.59 Å². The van der Waals surface area contributed by atoms with Gasteiger partial charge in [-0.15, -0.1) is 11.6 Å². The number of aromatic amines is 1. The Kier molecular flexibility index (Phi) is 2.73. The number of nitrogens with zero attached hydrogens (tertiary/aromatic N) is 2. The van der Waals surface area contributed by atoms with Gasteiger partial charge in [-0.05, 0) is 5.92 Å². The Morgan fingerprint density at radius 3 is 3.00 bits per heavy atom. The van der Waals surface area contributed by atoms with E-state index in [1.165, 1.54) is 17.3 Å². The first kappa shape index (κ1) is 10.2. The SMILES string of the molecule is O=C1CC(CCl)CN1c1cc(=O)[nH]cn1. The minimum absolute atomic E-state index is 0.0289. The zero-order valence-corrected chi connectivity index (χ0v) is 8.70. The third kappa shape index (κ3) is 2.02. The third-order valence-electron chi connectivity index (χ3n) is 2.36. The number of halogens is 1. The van der Waals surface area contributed by atoms with Gasteiger partial charge in [-0.1, -0.05) is 0 Å². The standard InChI is InChI=1S/C9H10ClN3O2/c10-3-6-1-9(15)13(4-6)7-2-8(14)12-5-11-7/h2,5-6H,1,3-4H2,(H,11,12,14). The average Bonchev–Trinajstić information content (AvgIpc) is 2.60. The van der Waals surface area contributed by atoms with E-state index >= 15 is 0 Å². The molecule has 0 spiro atoms. The first-order chi connectivity index (χ1) is 7.20. The van der Waals surface area contributed by atoms with E-state index in [-0.39, 0.29) is 17.4 Å². The minimum Gasteiger partial charge on any atom is -0.313 e. The molecule has 0 bridgehead atoms. The average molecular weight is 228 g/mol. The van der Waals surface area contributed by atoms with Crippen molar-refractivity contribution in [1.29, 1.82) is 0 Å². The molecular formula is C9H10ClN3O2. The van der Waals surface area contributed by atoms with Crippen molar-refractivity contribution in [2.45, 2.75) is 6.42 Å². The molecule has 15 heavy (non-hydrogen) atoms. The van der Waals surface area contributed by atoms with Crippen LogP contribution < -0.4 is 10.5 Å². The molecule has 1 aliphatic rings. The molecule has 1 aliphatic heterocycles. The van der Waals surface area contributed by atoms with Gasteiger partial charge in [0.25, 0.3) is 5.56 Å². The van der Waals surface area contributed by atoms with E-state index < -0.39 is 0 Å². The highest BCUT2D eigenvalue weighted by Gasteiger charge is 2.30. The van der Waals surface area contributed by atoms with Crippen LogP contribution in [0.15, 0.2) is 17.2 Å². The summed E-state index contributed by atoms with van der Waals surface area (Å²) >= 11 is 5.69. The maximum atomic E-state index is 11.6.